The molecule has 0 amide bonds. The van der Waals surface area contributed by atoms with Crippen molar-refractivity contribution in [2.75, 3.05) is 0 Å². The zero-order valence-electron chi connectivity index (χ0n) is 28.0. The molecular weight excluding hydrogens is 635 g/mol. The summed E-state index contributed by atoms with van der Waals surface area (Å²) >= 11 is 0. The van der Waals surface area contributed by atoms with E-state index >= 15 is 0 Å². The standard InChI is InChI=1S/C47H29N5/c1-3-15-30(16-4-1)43-49-44(31-17-5-2-6-18-31)51-45(50-43)33-20-13-19-32(29-33)34-23-14-28-41-42(34)47(46-48-39-26-11-12-27-40(39)52(41)46)37-24-9-7-21-35(37)36-22-8-10-25-38(36)47/h1-29H. The van der Waals surface area contributed by atoms with Crippen molar-refractivity contribution in [3.63, 3.8) is 0 Å². The maximum Gasteiger partial charge on any atom is 0.164 e. The molecule has 2 aliphatic rings. The Morgan fingerprint density at radius 2 is 0.885 bits per heavy atom. The summed E-state index contributed by atoms with van der Waals surface area (Å²) < 4.78 is 2.39. The first-order valence-electron chi connectivity index (χ1n) is 17.6. The summed E-state index contributed by atoms with van der Waals surface area (Å²) in [5.74, 6) is 2.95. The Labute approximate surface area is 300 Å². The predicted molar refractivity (Wildman–Crippen MR) is 207 cm³/mol. The summed E-state index contributed by atoms with van der Waals surface area (Å²) in [5, 5.41) is 0. The van der Waals surface area contributed by atoms with Crippen LogP contribution in [0.1, 0.15) is 22.5 Å². The molecule has 9 aromatic rings. The largest absolute Gasteiger partial charge is 0.295 e. The molecule has 0 saturated heterocycles. The van der Waals surface area contributed by atoms with E-state index in [1.165, 1.54) is 27.8 Å². The molecule has 242 valence electrons. The Kier molecular flexibility index (Phi) is 6.10. The molecule has 0 radical (unpaired) electrons. The molecule has 0 bridgehead atoms. The third-order valence-electron chi connectivity index (χ3n) is 10.6. The summed E-state index contributed by atoms with van der Waals surface area (Å²) in [5.41, 5.74) is 14.0. The molecule has 11 rings (SSSR count). The second-order valence-electron chi connectivity index (χ2n) is 13.4. The fourth-order valence-corrected chi connectivity index (χ4v) is 8.50. The van der Waals surface area contributed by atoms with Gasteiger partial charge in [0.05, 0.1) is 16.7 Å². The first kappa shape index (κ1) is 28.8. The van der Waals surface area contributed by atoms with Gasteiger partial charge >= 0.3 is 0 Å². The summed E-state index contributed by atoms with van der Waals surface area (Å²) in [4.78, 5) is 20.5. The van der Waals surface area contributed by atoms with E-state index in [-0.39, 0.29) is 0 Å². The lowest BCUT2D eigenvalue weighted by molar-refractivity contribution is 0.739. The van der Waals surface area contributed by atoms with E-state index in [4.69, 9.17) is 19.9 Å². The van der Waals surface area contributed by atoms with Crippen LogP contribution in [0, 0.1) is 0 Å². The normalized spacial score (nSPS) is 13.2. The van der Waals surface area contributed by atoms with Gasteiger partial charge < -0.3 is 0 Å². The van der Waals surface area contributed by atoms with Crippen molar-refractivity contribution in [3.05, 3.63) is 198 Å². The third kappa shape index (κ3) is 3.99. The monoisotopic (exact) mass is 663 g/mol. The number of fused-ring (bicyclic) bond motifs is 12. The van der Waals surface area contributed by atoms with E-state index in [2.05, 4.69) is 120 Å². The molecule has 0 fully saturated rings. The Balaban J connectivity index is 1.17. The molecule has 3 heterocycles. The van der Waals surface area contributed by atoms with Crippen LogP contribution in [0.4, 0.5) is 0 Å². The number of hydrogen-bond acceptors (Lipinski definition) is 4. The second kappa shape index (κ2) is 11.0. The predicted octanol–water partition coefficient (Wildman–Crippen LogP) is 10.6. The summed E-state index contributed by atoms with van der Waals surface area (Å²) in [6.45, 7) is 0. The summed E-state index contributed by atoms with van der Waals surface area (Å²) in [6, 6.07) is 61.8. The van der Waals surface area contributed by atoms with Gasteiger partial charge in [-0.3, -0.25) is 4.57 Å². The van der Waals surface area contributed by atoms with Gasteiger partial charge in [0.1, 0.15) is 11.2 Å². The number of para-hydroxylation sites is 2. The smallest absolute Gasteiger partial charge is 0.164 e. The number of nitrogens with zero attached hydrogens (tertiary/aromatic N) is 5. The molecular formula is C47H29N5. The lowest BCUT2D eigenvalue weighted by Crippen LogP contribution is -2.27. The van der Waals surface area contributed by atoms with Gasteiger partial charge in [-0.2, -0.15) is 0 Å². The molecule has 5 nitrogen and oxygen atoms in total. The number of rotatable bonds is 4. The van der Waals surface area contributed by atoms with Gasteiger partial charge in [-0.1, -0.05) is 152 Å². The van der Waals surface area contributed by atoms with E-state index in [1.807, 2.05) is 60.7 Å². The minimum absolute atomic E-state index is 0.609. The molecule has 0 saturated carbocycles. The quantitative estimate of drug-likeness (QED) is 0.188. The fourth-order valence-electron chi connectivity index (χ4n) is 8.50. The fraction of sp³-hybridized carbons (Fsp3) is 0.0213. The minimum atomic E-state index is -0.609. The maximum absolute atomic E-state index is 5.45. The Bertz CT molecular complexity index is 2750. The minimum Gasteiger partial charge on any atom is -0.295 e. The molecule has 2 aromatic heterocycles. The number of benzene rings is 7. The molecule has 52 heavy (non-hydrogen) atoms. The van der Waals surface area contributed by atoms with Crippen LogP contribution in [0.2, 0.25) is 0 Å². The van der Waals surface area contributed by atoms with Crippen LogP contribution in [-0.2, 0) is 5.41 Å². The first-order valence-corrected chi connectivity index (χ1v) is 17.6. The molecule has 5 heteroatoms. The van der Waals surface area contributed by atoms with E-state index in [0.29, 0.717) is 17.5 Å². The summed E-state index contributed by atoms with van der Waals surface area (Å²) in [6.07, 6.45) is 0. The van der Waals surface area contributed by atoms with Crippen molar-refractivity contribution in [3.8, 4) is 62.1 Å². The molecule has 0 unspecified atom stereocenters. The van der Waals surface area contributed by atoms with Crippen LogP contribution < -0.4 is 0 Å². The van der Waals surface area contributed by atoms with Crippen LogP contribution in [0.5, 0.6) is 0 Å². The highest BCUT2D eigenvalue weighted by Gasteiger charge is 2.55. The maximum atomic E-state index is 5.45. The lowest BCUT2D eigenvalue weighted by atomic mass is 9.70. The average Bonchev–Trinajstić information content (AvgIpc) is 3.85. The van der Waals surface area contributed by atoms with E-state index in [1.54, 1.807) is 0 Å². The Morgan fingerprint density at radius 3 is 1.56 bits per heavy atom. The van der Waals surface area contributed by atoms with Gasteiger partial charge in [-0.15, -0.1) is 0 Å². The highest BCUT2D eigenvalue weighted by molar-refractivity contribution is 5.95. The van der Waals surface area contributed by atoms with Crippen LogP contribution in [0.15, 0.2) is 176 Å². The molecule has 1 spiro atoms. The molecule has 1 aliphatic carbocycles. The van der Waals surface area contributed by atoms with Crippen molar-refractivity contribution < 1.29 is 0 Å². The number of aromatic nitrogens is 5. The Morgan fingerprint density at radius 1 is 0.385 bits per heavy atom. The molecule has 0 atom stereocenters. The van der Waals surface area contributed by atoms with Crippen molar-refractivity contribution in [2.45, 2.75) is 5.41 Å². The van der Waals surface area contributed by atoms with Gasteiger partial charge in [-0.05, 0) is 57.6 Å². The molecule has 0 N–H and O–H groups in total. The van der Waals surface area contributed by atoms with Crippen molar-refractivity contribution in [2.24, 2.45) is 0 Å². The van der Waals surface area contributed by atoms with E-state index < -0.39 is 5.41 Å². The average molecular weight is 664 g/mol. The third-order valence-corrected chi connectivity index (χ3v) is 10.6. The molecule has 7 aromatic carbocycles. The van der Waals surface area contributed by atoms with Crippen LogP contribution >= 0.6 is 0 Å². The van der Waals surface area contributed by atoms with Crippen LogP contribution in [-0.4, -0.2) is 24.5 Å². The SMILES string of the molecule is c1ccc(-c2nc(-c3ccccc3)nc(-c3cccc(-c4cccc5c4C4(c6ccccc6-c6ccccc64)c4nc6ccccc6n4-5)c3)n2)cc1. The highest BCUT2D eigenvalue weighted by Crippen LogP contribution is 2.62. The van der Waals surface area contributed by atoms with E-state index in [9.17, 15) is 0 Å². The van der Waals surface area contributed by atoms with Gasteiger partial charge in [0, 0.05) is 22.3 Å². The van der Waals surface area contributed by atoms with Gasteiger partial charge in [-0.25, -0.2) is 19.9 Å². The zero-order valence-corrected chi connectivity index (χ0v) is 28.0. The number of imidazole rings is 1. The first-order chi connectivity index (χ1) is 25.8. The van der Waals surface area contributed by atoms with E-state index in [0.717, 1.165) is 50.4 Å². The highest BCUT2D eigenvalue weighted by atomic mass is 15.1. The topological polar surface area (TPSA) is 56.5 Å². The van der Waals surface area contributed by atoms with Crippen molar-refractivity contribution in [1.29, 1.82) is 0 Å². The zero-order chi connectivity index (χ0) is 34.2. The lowest BCUT2D eigenvalue weighted by Gasteiger charge is -2.29. The van der Waals surface area contributed by atoms with Crippen LogP contribution in [0.25, 0.3) is 73.1 Å². The molecule has 1 aliphatic heterocycles. The second-order valence-corrected chi connectivity index (χ2v) is 13.4. The Hall–Kier alpha value is -6.98. The number of hydrogen-bond donors (Lipinski definition) is 0. The van der Waals surface area contributed by atoms with Crippen molar-refractivity contribution in [1.82, 2.24) is 24.5 Å². The van der Waals surface area contributed by atoms with Gasteiger partial charge in [0.15, 0.2) is 17.5 Å². The summed E-state index contributed by atoms with van der Waals surface area (Å²) in [7, 11) is 0. The van der Waals surface area contributed by atoms with Gasteiger partial charge in [0.25, 0.3) is 0 Å². The van der Waals surface area contributed by atoms with Gasteiger partial charge in [0.2, 0.25) is 0 Å². The van der Waals surface area contributed by atoms with Crippen molar-refractivity contribution >= 4 is 11.0 Å². The van der Waals surface area contributed by atoms with Crippen LogP contribution in [0.3, 0.4) is 0 Å².